The van der Waals surface area contributed by atoms with Crippen LogP contribution in [0, 0.1) is 11.8 Å². The summed E-state index contributed by atoms with van der Waals surface area (Å²) in [6.45, 7) is 9.10. The van der Waals surface area contributed by atoms with Crippen molar-refractivity contribution in [1.29, 1.82) is 0 Å². The lowest BCUT2D eigenvalue weighted by atomic mass is 9.95. The summed E-state index contributed by atoms with van der Waals surface area (Å²) in [6, 6.07) is 0.566. The molecule has 0 aromatic rings. The van der Waals surface area contributed by atoms with Crippen LogP contribution in [0.15, 0.2) is 0 Å². The highest BCUT2D eigenvalue weighted by atomic mass is 35.5. The molecule has 1 aliphatic heterocycles. The lowest BCUT2D eigenvalue weighted by Crippen LogP contribution is -2.41. The van der Waals surface area contributed by atoms with E-state index in [1.807, 2.05) is 0 Å². The lowest BCUT2D eigenvalue weighted by molar-refractivity contribution is -0.135. The zero-order chi connectivity index (χ0) is 13.8. The molecule has 1 amide bonds. The zero-order valence-corrected chi connectivity index (χ0v) is 14.9. The minimum absolute atomic E-state index is 0. The number of carbonyl (C=O) groups excluding carboxylic acids is 1. The topological polar surface area (TPSA) is 49.6 Å². The molecule has 3 atom stereocenters. The molecule has 126 valence electrons. The van der Waals surface area contributed by atoms with E-state index in [9.17, 15) is 4.79 Å². The average Bonchev–Trinajstić information content (AvgIpc) is 3.08. The fraction of sp³-hybridized carbons (Fsp3) is 0.933. The van der Waals surface area contributed by atoms with Gasteiger partial charge >= 0.3 is 0 Å². The first-order valence-electron chi connectivity index (χ1n) is 7.94. The van der Waals surface area contributed by atoms with E-state index in [4.69, 9.17) is 5.73 Å². The molecule has 0 aromatic carbocycles. The van der Waals surface area contributed by atoms with Gasteiger partial charge in [-0.3, -0.25) is 9.69 Å². The van der Waals surface area contributed by atoms with E-state index in [0.29, 0.717) is 24.4 Å². The van der Waals surface area contributed by atoms with Crippen LogP contribution >= 0.6 is 24.8 Å². The third kappa shape index (κ3) is 4.72. The van der Waals surface area contributed by atoms with Gasteiger partial charge in [-0.1, -0.05) is 20.3 Å². The predicted octanol–water partition coefficient (Wildman–Crippen LogP) is 2.15. The Bertz CT molecular complexity index is 313. The van der Waals surface area contributed by atoms with E-state index < -0.39 is 0 Å². The maximum Gasteiger partial charge on any atom is 0.226 e. The number of nitrogens with two attached hydrogens (primary N) is 1. The summed E-state index contributed by atoms with van der Waals surface area (Å²) < 4.78 is 0. The molecule has 0 bridgehead atoms. The van der Waals surface area contributed by atoms with Crippen molar-refractivity contribution in [2.24, 2.45) is 17.6 Å². The maximum atomic E-state index is 12.6. The third-order valence-electron chi connectivity index (χ3n) is 5.08. The molecule has 1 saturated carbocycles. The van der Waals surface area contributed by atoms with Crippen molar-refractivity contribution in [3.8, 4) is 0 Å². The van der Waals surface area contributed by atoms with Gasteiger partial charge in [0.2, 0.25) is 5.91 Å². The van der Waals surface area contributed by atoms with Crippen molar-refractivity contribution in [3.63, 3.8) is 0 Å². The van der Waals surface area contributed by atoms with E-state index in [1.54, 1.807) is 0 Å². The molecular formula is C15H31Cl2N3O. The summed E-state index contributed by atoms with van der Waals surface area (Å²) in [4.78, 5) is 17.2. The molecule has 0 radical (unpaired) electrons. The van der Waals surface area contributed by atoms with Crippen LogP contribution in [0.4, 0.5) is 0 Å². The summed E-state index contributed by atoms with van der Waals surface area (Å²) in [6.07, 6.45) is 4.49. The molecule has 1 saturated heterocycles. The molecule has 2 aliphatic rings. The molecule has 2 rings (SSSR count). The quantitative estimate of drug-likeness (QED) is 0.834. The first kappa shape index (κ1) is 21.0. The monoisotopic (exact) mass is 339 g/mol. The van der Waals surface area contributed by atoms with Crippen molar-refractivity contribution < 1.29 is 4.79 Å². The second kappa shape index (κ2) is 9.88. The highest BCUT2D eigenvalue weighted by molar-refractivity contribution is 5.85. The molecule has 2 fully saturated rings. The number of hydrogen-bond donors (Lipinski definition) is 1. The van der Waals surface area contributed by atoms with Crippen LogP contribution in [-0.4, -0.2) is 54.5 Å². The standard InChI is InChI=1S/C15H29N3O.2ClH/c1-3-17(4-2)13-8-9-18(11-13)15(19)14-7-5-6-12(14)10-16;;/h12-14H,3-11,16H2,1-2H3;2*1H/t12-,13?,14-;;/m1../s1. The van der Waals surface area contributed by atoms with E-state index in [0.717, 1.165) is 45.4 Å². The fourth-order valence-electron chi connectivity index (χ4n) is 3.86. The Morgan fingerprint density at radius 2 is 1.86 bits per heavy atom. The van der Waals surface area contributed by atoms with Gasteiger partial charge in [0.1, 0.15) is 0 Å². The Hall–Kier alpha value is -0.0300. The van der Waals surface area contributed by atoms with Gasteiger partial charge in [0.15, 0.2) is 0 Å². The Kier molecular flexibility index (Phi) is 9.87. The Morgan fingerprint density at radius 3 is 2.43 bits per heavy atom. The van der Waals surface area contributed by atoms with Gasteiger partial charge in [-0.05, 0) is 44.8 Å². The number of hydrogen-bond acceptors (Lipinski definition) is 3. The van der Waals surface area contributed by atoms with Gasteiger partial charge in [-0.25, -0.2) is 0 Å². The van der Waals surface area contributed by atoms with Crippen LogP contribution in [-0.2, 0) is 4.79 Å². The number of amides is 1. The lowest BCUT2D eigenvalue weighted by Gasteiger charge is -2.28. The molecule has 0 aromatic heterocycles. The van der Waals surface area contributed by atoms with Crippen LogP contribution in [0.3, 0.4) is 0 Å². The molecule has 0 spiro atoms. The Morgan fingerprint density at radius 1 is 1.19 bits per heavy atom. The number of carbonyl (C=O) groups is 1. The van der Waals surface area contributed by atoms with Crippen molar-refractivity contribution in [2.45, 2.75) is 45.6 Å². The largest absolute Gasteiger partial charge is 0.341 e. The van der Waals surface area contributed by atoms with Crippen molar-refractivity contribution in [1.82, 2.24) is 9.80 Å². The summed E-state index contributed by atoms with van der Waals surface area (Å²) >= 11 is 0. The highest BCUT2D eigenvalue weighted by Crippen LogP contribution is 2.33. The molecule has 2 N–H and O–H groups in total. The zero-order valence-electron chi connectivity index (χ0n) is 13.3. The predicted molar refractivity (Wildman–Crippen MR) is 92.3 cm³/mol. The van der Waals surface area contributed by atoms with Gasteiger partial charge < -0.3 is 10.6 Å². The molecular weight excluding hydrogens is 309 g/mol. The van der Waals surface area contributed by atoms with Crippen LogP contribution in [0.1, 0.15) is 39.5 Å². The van der Waals surface area contributed by atoms with Crippen LogP contribution in [0.2, 0.25) is 0 Å². The number of likely N-dealkylation sites (N-methyl/N-ethyl adjacent to an activating group) is 1. The van der Waals surface area contributed by atoms with Crippen molar-refractivity contribution >= 4 is 30.7 Å². The maximum absolute atomic E-state index is 12.6. The van der Waals surface area contributed by atoms with Gasteiger partial charge in [0, 0.05) is 25.0 Å². The molecule has 1 unspecified atom stereocenters. The van der Waals surface area contributed by atoms with Gasteiger partial charge in [0.05, 0.1) is 0 Å². The van der Waals surface area contributed by atoms with Gasteiger partial charge in [-0.15, -0.1) is 24.8 Å². The molecule has 6 heteroatoms. The smallest absolute Gasteiger partial charge is 0.226 e. The van der Waals surface area contributed by atoms with Crippen LogP contribution in [0.5, 0.6) is 0 Å². The summed E-state index contributed by atoms with van der Waals surface area (Å²) in [5.41, 5.74) is 5.80. The summed E-state index contributed by atoms with van der Waals surface area (Å²) in [5.74, 6) is 1.02. The summed E-state index contributed by atoms with van der Waals surface area (Å²) in [5, 5.41) is 0. The Labute approximate surface area is 141 Å². The third-order valence-corrected chi connectivity index (χ3v) is 5.08. The van der Waals surface area contributed by atoms with Crippen LogP contribution in [0.25, 0.3) is 0 Å². The highest BCUT2D eigenvalue weighted by Gasteiger charge is 2.37. The average molecular weight is 340 g/mol. The number of nitrogens with zero attached hydrogens (tertiary/aromatic N) is 2. The second-order valence-corrected chi connectivity index (χ2v) is 5.98. The van der Waals surface area contributed by atoms with E-state index >= 15 is 0 Å². The normalized spacial score (nSPS) is 28.4. The molecule has 4 nitrogen and oxygen atoms in total. The van der Waals surface area contributed by atoms with Crippen LogP contribution < -0.4 is 5.73 Å². The minimum atomic E-state index is 0. The molecule has 1 heterocycles. The van der Waals surface area contributed by atoms with Crippen molar-refractivity contribution in [2.75, 3.05) is 32.7 Å². The summed E-state index contributed by atoms with van der Waals surface area (Å²) in [7, 11) is 0. The SMILES string of the molecule is CCN(CC)C1CCN(C(=O)[C@@H]2CCC[C@@H]2CN)C1.Cl.Cl. The molecule has 21 heavy (non-hydrogen) atoms. The van der Waals surface area contributed by atoms with Gasteiger partial charge in [0.25, 0.3) is 0 Å². The fourth-order valence-corrected chi connectivity index (χ4v) is 3.86. The second-order valence-electron chi connectivity index (χ2n) is 5.98. The number of rotatable bonds is 5. The van der Waals surface area contributed by atoms with Gasteiger partial charge in [-0.2, -0.15) is 0 Å². The Balaban J connectivity index is 0.00000200. The number of likely N-dealkylation sites (tertiary alicyclic amines) is 1. The van der Waals surface area contributed by atoms with E-state index in [-0.39, 0.29) is 30.7 Å². The molecule has 1 aliphatic carbocycles. The number of halogens is 2. The van der Waals surface area contributed by atoms with E-state index in [2.05, 4.69) is 23.6 Å². The van der Waals surface area contributed by atoms with E-state index in [1.165, 1.54) is 6.42 Å². The first-order chi connectivity index (χ1) is 9.21. The minimum Gasteiger partial charge on any atom is -0.341 e. The van der Waals surface area contributed by atoms with Crippen molar-refractivity contribution in [3.05, 3.63) is 0 Å². The first-order valence-corrected chi connectivity index (χ1v) is 7.94.